The number of amides is 1. The molecule has 30 heavy (non-hydrogen) atoms. The molecule has 5 aromatic heterocycles. The van der Waals surface area contributed by atoms with Crippen molar-refractivity contribution >= 4 is 33.5 Å². The predicted octanol–water partition coefficient (Wildman–Crippen LogP) is 4.16. The summed E-state index contributed by atoms with van der Waals surface area (Å²) in [6, 6.07) is 9.70. The Morgan fingerprint density at radius 1 is 1.03 bits per heavy atom. The molecule has 8 nitrogen and oxygen atoms in total. The van der Waals surface area contributed by atoms with Crippen molar-refractivity contribution < 1.29 is 4.79 Å². The van der Waals surface area contributed by atoms with E-state index in [1.807, 2.05) is 44.2 Å². The molecule has 0 unspecified atom stereocenters. The molecule has 8 heteroatoms. The number of nitrogens with one attached hydrogen (secondary N) is 3. The van der Waals surface area contributed by atoms with Gasteiger partial charge in [0.1, 0.15) is 11.2 Å². The first-order valence-electron chi connectivity index (χ1n) is 9.63. The van der Waals surface area contributed by atoms with Gasteiger partial charge in [0.2, 0.25) is 5.91 Å². The Labute approximate surface area is 171 Å². The monoisotopic (exact) mass is 397 g/mol. The number of H-pyrrole nitrogens is 2. The topological polar surface area (TPSA) is 112 Å². The van der Waals surface area contributed by atoms with Gasteiger partial charge in [-0.25, -0.2) is 4.98 Å². The average Bonchev–Trinajstić information content (AvgIpc) is 3.37. The van der Waals surface area contributed by atoms with Gasteiger partial charge < -0.3 is 10.3 Å². The molecule has 0 aromatic carbocycles. The van der Waals surface area contributed by atoms with Gasteiger partial charge in [-0.3, -0.25) is 19.9 Å². The number of anilines is 1. The normalized spacial score (nSPS) is 11.4. The molecule has 0 saturated carbocycles. The lowest BCUT2D eigenvalue weighted by molar-refractivity contribution is -0.118. The zero-order valence-corrected chi connectivity index (χ0v) is 16.5. The van der Waals surface area contributed by atoms with Gasteiger partial charge in [0.05, 0.1) is 40.5 Å². The van der Waals surface area contributed by atoms with Crippen molar-refractivity contribution in [2.45, 2.75) is 13.8 Å². The Morgan fingerprint density at radius 2 is 1.93 bits per heavy atom. The number of hydrogen-bond donors (Lipinski definition) is 3. The molecule has 0 fully saturated rings. The van der Waals surface area contributed by atoms with Crippen LogP contribution in [0.25, 0.3) is 44.6 Å². The van der Waals surface area contributed by atoms with Gasteiger partial charge in [0.15, 0.2) is 0 Å². The minimum atomic E-state index is -0.108. The smallest absolute Gasteiger partial charge is 0.226 e. The summed E-state index contributed by atoms with van der Waals surface area (Å²) in [5.74, 6) is -0.161. The number of aromatic nitrogens is 6. The maximum absolute atomic E-state index is 12.0. The van der Waals surface area contributed by atoms with Gasteiger partial charge in [-0.1, -0.05) is 13.8 Å². The van der Waals surface area contributed by atoms with Crippen LogP contribution < -0.4 is 5.32 Å². The van der Waals surface area contributed by atoms with Crippen LogP contribution in [0.5, 0.6) is 0 Å². The van der Waals surface area contributed by atoms with Crippen LogP contribution in [-0.2, 0) is 4.79 Å². The highest BCUT2D eigenvalue weighted by Crippen LogP contribution is 2.29. The van der Waals surface area contributed by atoms with Crippen LogP contribution in [0.15, 0.2) is 55.1 Å². The van der Waals surface area contributed by atoms with Crippen LogP contribution in [0, 0.1) is 5.92 Å². The number of carbonyl (C=O) groups excluding carboxylic acids is 1. The largest absolute Gasteiger partial charge is 0.352 e. The van der Waals surface area contributed by atoms with Crippen molar-refractivity contribution in [3.8, 4) is 22.6 Å². The zero-order chi connectivity index (χ0) is 20.7. The fourth-order valence-electron chi connectivity index (χ4n) is 3.28. The van der Waals surface area contributed by atoms with Gasteiger partial charge in [-0.05, 0) is 30.3 Å². The highest BCUT2D eigenvalue weighted by atomic mass is 16.1. The fraction of sp³-hybridized carbons (Fsp3) is 0.136. The van der Waals surface area contributed by atoms with Crippen LogP contribution in [0.4, 0.5) is 5.69 Å². The van der Waals surface area contributed by atoms with Crippen molar-refractivity contribution in [2.24, 2.45) is 5.92 Å². The predicted molar refractivity (Wildman–Crippen MR) is 116 cm³/mol. The second-order valence-electron chi connectivity index (χ2n) is 7.42. The molecule has 0 aliphatic heterocycles. The number of fused-ring (bicyclic) bond motifs is 2. The van der Waals surface area contributed by atoms with E-state index in [1.165, 1.54) is 0 Å². The summed E-state index contributed by atoms with van der Waals surface area (Å²) in [6.07, 6.45) is 6.91. The third kappa shape index (κ3) is 3.18. The molecular formula is C22H19N7O. The zero-order valence-electron chi connectivity index (χ0n) is 16.5. The number of hydrogen-bond acceptors (Lipinski definition) is 5. The van der Waals surface area contributed by atoms with Crippen molar-refractivity contribution in [3.05, 3.63) is 55.1 Å². The summed E-state index contributed by atoms with van der Waals surface area (Å²) >= 11 is 0. The first kappa shape index (κ1) is 18.0. The van der Waals surface area contributed by atoms with Crippen molar-refractivity contribution in [3.63, 3.8) is 0 Å². The quantitative estimate of drug-likeness (QED) is 0.422. The van der Waals surface area contributed by atoms with E-state index >= 15 is 0 Å². The molecule has 3 N–H and O–H groups in total. The number of nitrogens with zero attached hydrogens (tertiary/aromatic N) is 4. The fourth-order valence-corrected chi connectivity index (χ4v) is 3.28. The van der Waals surface area contributed by atoms with Crippen molar-refractivity contribution in [2.75, 3.05) is 5.32 Å². The second-order valence-corrected chi connectivity index (χ2v) is 7.42. The molecule has 0 spiro atoms. The standard InChI is InChI=1S/C22H19N7O/c1-12(2)22(30)25-15-7-14(9-24-10-15)16-3-4-17-20(27-16)21(29-28-17)18-8-13-5-6-23-11-19(13)26-18/h3-12,26H,1-2H3,(H,25,30)(H,28,29). The van der Waals surface area contributed by atoms with E-state index in [4.69, 9.17) is 4.98 Å². The van der Waals surface area contributed by atoms with E-state index in [0.29, 0.717) is 5.69 Å². The molecule has 5 aromatic rings. The van der Waals surface area contributed by atoms with Crippen molar-refractivity contribution in [1.29, 1.82) is 0 Å². The molecule has 0 atom stereocenters. The Balaban J connectivity index is 1.55. The maximum atomic E-state index is 12.0. The minimum Gasteiger partial charge on any atom is -0.352 e. The van der Waals surface area contributed by atoms with Gasteiger partial charge in [-0.15, -0.1) is 0 Å². The minimum absolute atomic E-state index is 0.0530. The van der Waals surface area contributed by atoms with Crippen LogP contribution in [0.1, 0.15) is 13.8 Å². The Kier molecular flexibility index (Phi) is 4.24. The first-order chi connectivity index (χ1) is 14.6. The van der Waals surface area contributed by atoms with E-state index in [9.17, 15) is 4.79 Å². The van der Waals surface area contributed by atoms with E-state index in [2.05, 4.69) is 30.5 Å². The molecule has 0 saturated heterocycles. The maximum Gasteiger partial charge on any atom is 0.226 e. The van der Waals surface area contributed by atoms with Gasteiger partial charge >= 0.3 is 0 Å². The van der Waals surface area contributed by atoms with E-state index in [1.54, 1.807) is 24.8 Å². The summed E-state index contributed by atoms with van der Waals surface area (Å²) in [4.78, 5) is 28.6. The first-order valence-corrected chi connectivity index (χ1v) is 9.63. The van der Waals surface area contributed by atoms with Gasteiger partial charge in [-0.2, -0.15) is 5.10 Å². The molecular weight excluding hydrogens is 378 g/mol. The van der Waals surface area contributed by atoms with Crippen molar-refractivity contribution in [1.82, 2.24) is 30.1 Å². The lowest BCUT2D eigenvalue weighted by atomic mass is 10.1. The average molecular weight is 397 g/mol. The molecule has 5 rings (SSSR count). The summed E-state index contributed by atoms with van der Waals surface area (Å²) in [7, 11) is 0. The van der Waals surface area contributed by atoms with Gasteiger partial charge in [0, 0.05) is 29.3 Å². The SMILES string of the molecule is CC(C)C(=O)Nc1cncc(-c2ccc3[nH]nc(-c4cc5ccncc5[nH]4)c3n2)c1. The highest BCUT2D eigenvalue weighted by Gasteiger charge is 2.14. The van der Waals surface area contributed by atoms with Crippen LogP contribution in [0.2, 0.25) is 0 Å². The van der Waals surface area contributed by atoms with E-state index in [0.717, 1.165) is 44.6 Å². The van der Waals surface area contributed by atoms with Crippen LogP contribution >= 0.6 is 0 Å². The van der Waals surface area contributed by atoms with Gasteiger partial charge in [0.25, 0.3) is 0 Å². The number of pyridine rings is 3. The third-order valence-electron chi connectivity index (χ3n) is 4.91. The Hall–Kier alpha value is -4.07. The van der Waals surface area contributed by atoms with Crippen LogP contribution in [-0.4, -0.2) is 36.0 Å². The molecule has 0 aliphatic carbocycles. The number of rotatable bonds is 4. The second kappa shape index (κ2) is 7.07. The summed E-state index contributed by atoms with van der Waals surface area (Å²) in [5, 5.41) is 11.4. The Morgan fingerprint density at radius 3 is 2.77 bits per heavy atom. The third-order valence-corrected chi connectivity index (χ3v) is 4.91. The number of aromatic amines is 2. The lowest BCUT2D eigenvalue weighted by Gasteiger charge is -2.08. The summed E-state index contributed by atoms with van der Waals surface area (Å²) in [6.45, 7) is 3.70. The van der Waals surface area contributed by atoms with Crippen LogP contribution in [0.3, 0.4) is 0 Å². The van der Waals surface area contributed by atoms with E-state index in [-0.39, 0.29) is 11.8 Å². The molecule has 0 bridgehead atoms. The summed E-state index contributed by atoms with van der Waals surface area (Å²) in [5.41, 5.74) is 6.33. The molecule has 0 radical (unpaired) electrons. The molecule has 0 aliphatic rings. The molecule has 1 amide bonds. The number of carbonyl (C=O) groups is 1. The molecule has 148 valence electrons. The summed E-state index contributed by atoms with van der Waals surface area (Å²) < 4.78 is 0. The Bertz CT molecular complexity index is 1350. The highest BCUT2D eigenvalue weighted by molar-refractivity contribution is 5.95. The van der Waals surface area contributed by atoms with E-state index < -0.39 is 0 Å². The molecule has 5 heterocycles. The lowest BCUT2D eigenvalue weighted by Crippen LogP contribution is -2.17.